The van der Waals surface area contributed by atoms with E-state index in [1.54, 1.807) is 0 Å². The van der Waals surface area contributed by atoms with Crippen LogP contribution in [0, 0.1) is 5.92 Å². The monoisotopic (exact) mass is 280 g/mol. The van der Waals surface area contributed by atoms with Gasteiger partial charge in [-0.05, 0) is 18.8 Å². The minimum absolute atomic E-state index is 0.0578. The smallest absolute Gasteiger partial charge is 0.281 e. The number of rotatable bonds is 6. The van der Waals surface area contributed by atoms with Crippen molar-refractivity contribution in [2.24, 2.45) is 5.92 Å². The number of hydrogen-bond donors (Lipinski definition) is 1. The number of hydrogen-bond acceptors (Lipinski definition) is 4. The molecular formula is C11H24N2O4S. The number of aliphatic hydroxyl groups is 1. The minimum Gasteiger partial charge on any atom is -0.389 e. The van der Waals surface area contributed by atoms with Gasteiger partial charge in [0, 0.05) is 33.8 Å². The van der Waals surface area contributed by atoms with Gasteiger partial charge in [-0.1, -0.05) is 6.92 Å². The van der Waals surface area contributed by atoms with Crippen molar-refractivity contribution < 1.29 is 18.3 Å². The molecule has 1 saturated heterocycles. The molecule has 0 aromatic carbocycles. The summed E-state index contributed by atoms with van der Waals surface area (Å²) < 4.78 is 31.9. The molecule has 0 aromatic heterocycles. The Hall–Kier alpha value is -0.210. The van der Waals surface area contributed by atoms with Gasteiger partial charge in [0.1, 0.15) is 0 Å². The first kappa shape index (κ1) is 15.8. The molecule has 108 valence electrons. The van der Waals surface area contributed by atoms with Crippen LogP contribution < -0.4 is 0 Å². The van der Waals surface area contributed by atoms with Crippen molar-refractivity contribution in [1.82, 2.24) is 8.61 Å². The summed E-state index contributed by atoms with van der Waals surface area (Å²) in [6.45, 7) is 3.46. The minimum atomic E-state index is -3.45. The van der Waals surface area contributed by atoms with E-state index in [0.717, 1.165) is 12.8 Å². The largest absolute Gasteiger partial charge is 0.389 e. The molecule has 0 radical (unpaired) electrons. The standard InChI is InChI=1S/C11H24N2O4S/c1-10-4-6-13(7-5-10)18(15,16)12(2)8-11(14)9-17-3/h10-11,14H,4-9H2,1-3H3. The van der Waals surface area contributed by atoms with Crippen molar-refractivity contribution in [2.45, 2.75) is 25.9 Å². The first-order valence-corrected chi connectivity index (χ1v) is 7.66. The molecule has 7 heteroatoms. The molecule has 1 unspecified atom stereocenters. The van der Waals surface area contributed by atoms with E-state index in [4.69, 9.17) is 4.74 Å². The number of aliphatic hydroxyl groups excluding tert-OH is 1. The lowest BCUT2D eigenvalue weighted by Gasteiger charge is -2.33. The van der Waals surface area contributed by atoms with E-state index in [1.165, 1.54) is 22.8 Å². The van der Waals surface area contributed by atoms with Crippen LogP contribution >= 0.6 is 0 Å². The van der Waals surface area contributed by atoms with Crippen LogP contribution in [0.15, 0.2) is 0 Å². The third kappa shape index (κ3) is 4.17. The fourth-order valence-electron chi connectivity index (χ4n) is 2.05. The molecule has 0 aromatic rings. The highest BCUT2D eigenvalue weighted by molar-refractivity contribution is 7.86. The first-order chi connectivity index (χ1) is 8.37. The zero-order valence-electron chi connectivity index (χ0n) is 11.4. The normalized spacial score (nSPS) is 21.4. The quantitative estimate of drug-likeness (QED) is 0.738. The number of ether oxygens (including phenoxy) is 1. The maximum atomic E-state index is 12.2. The Morgan fingerprint density at radius 3 is 2.50 bits per heavy atom. The van der Waals surface area contributed by atoms with Crippen LogP contribution in [0.4, 0.5) is 0 Å². The van der Waals surface area contributed by atoms with Crippen molar-refractivity contribution in [3.05, 3.63) is 0 Å². The fourth-order valence-corrected chi connectivity index (χ4v) is 3.48. The Bertz CT molecular complexity index is 339. The third-order valence-corrected chi connectivity index (χ3v) is 5.24. The highest BCUT2D eigenvalue weighted by Crippen LogP contribution is 2.20. The van der Waals surface area contributed by atoms with Crippen LogP contribution in [0.2, 0.25) is 0 Å². The first-order valence-electron chi connectivity index (χ1n) is 6.26. The molecule has 1 aliphatic heterocycles. The molecule has 18 heavy (non-hydrogen) atoms. The van der Waals surface area contributed by atoms with Gasteiger partial charge in [0.15, 0.2) is 0 Å². The molecular weight excluding hydrogens is 256 g/mol. The summed E-state index contributed by atoms with van der Waals surface area (Å²) in [7, 11) is -0.479. The summed E-state index contributed by atoms with van der Waals surface area (Å²) >= 11 is 0. The molecule has 1 rings (SSSR count). The molecule has 0 spiro atoms. The van der Waals surface area contributed by atoms with Gasteiger partial charge in [-0.15, -0.1) is 0 Å². The Kier molecular flexibility index (Phi) is 6.00. The number of piperidine rings is 1. The molecule has 1 heterocycles. The summed E-state index contributed by atoms with van der Waals surface area (Å²) in [5.74, 6) is 0.584. The van der Waals surface area contributed by atoms with Crippen LogP contribution in [0.25, 0.3) is 0 Å². The zero-order chi connectivity index (χ0) is 13.8. The van der Waals surface area contributed by atoms with Gasteiger partial charge in [0.05, 0.1) is 12.7 Å². The molecule has 1 fully saturated rings. The molecule has 6 nitrogen and oxygen atoms in total. The Morgan fingerprint density at radius 2 is 2.00 bits per heavy atom. The maximum absolute atomic E-state index is 12.2. The van der Waals surface area contributed by atoms with E-state index in [2.05, 4.69) is 6.92 Å². The van der Waals surface area contributed by atoms with Gasteiger partial charge in [0.2, 0.25) is 0 Å². The molecule has 1 N–H and O–H groups in total. The van der Waals surface area contributed by atoms with Gasteiger partial charge in [-0.25, -0.2) is 0 Å². The van der Waals surface area contributed by atoms with E-state index < -0.39 is 16.3 Å². The predicted octanol–water partition coefficient (Wildman–Crippen LogP) is -0.0978. The number of methoxy groups -OCH3 is 1. The molecule has 0 amide bonds. The summed E-state index contributed by atoms with van der Waals surface area (Å²) in [6.07, 6.45) is 1.000. The fraction of sp³-hybridized carbons (Fsp3) is 1.00. The second kappa shape index (κ2) is 6.81. The van der Waals surface area contributed by atoms with Crippen LogP contribution in [0.3, 0.4) is 0 Å². The molecule has 0 bridgehead atoms. The summed E-state index contributed by atoms with van der Waals surface area (Å²) in [4.78, 5) is 0. The second-order valence-corrected chi connectivity index (χ2v) is 7.01. The topological polar surface area (TPSA) is 70.1 Å². The van der Waals surface area contributed by atoms with E-state index in [9.17, 15) is 13.5 Å². The maximum Gasteiger partial charge on any atom is 0.281 e. The van der Waals surface area contributed by atoms with E-state index >= 15 is 0 Å². The Balaban J connectivity index is 2.56. The Labute approximate surface area is 110 Å². The SMILES string of the molecule is COCC(O)CN(C)S(=O)(=O)N1CCC(C)CC1. The van der Waals surface area contributed by atoms with Crippen molar-refractivity contribution >= 4 is 10.2 Å². The van der Waals surface area contributed by atoms with Gasteiger partial charge in [-0.2, -0.15) is 17.0 Å². The molecule has 0 aliphatic carbocycles. The van der Waals surface area contributed by atoms with Crippen molar-refractivity contribution in [1.29, 1.82) is 0 Å². The lowest BCUT2D eigenvalue weighted by molar-refractivity contribution is 0.0543. The van der Waals surface area contributed by atoms with E-state index in [-0.39, 0.29) is 13.2 Å². The highest BCUT2D eigenvalue weighted by Gasteiger charge is 2.30. The molecule has 1 atom stereocenters. The lowest BCUT2D eigenvalue weighted by atomic mass is 10.0. The third-order valence-electron chi connectivity index (χ3n) is 3.29. The summed E-state index contributed by atoms with van der Waals surface area (Å²) in [6, 6.07) is 0. The van der Waals surface area contributed by atoms with Crippen LogP contribution in [-0.2, 0) is 14.9 Å². The number of nitrogens with zero attached hydrogens (tertiary/aromatic N) is 2. The van der Waals surface area contributed by atoms with Crippen LogP contribution in [0.5, 0.6) is 0 Å². The number of likely N-dealkylation sites (N-methyl/N-ethyl adjacent to an activating group) is 1. The Morgan fingerprint density at radius 1 is 1.44 bits per heavy atom. The zero-order valence-corrected chi connectivity index (χ0v) is 12.2. The molecule has 1 aliphatic rings. The highest BCUT2D eigenvalue weighted by atomic mass is 32.2. The summed E-state index contributed by atoms with van der Waals surface area (Å²) in [5, 5.41) is 9.57. The van der Waals surface area contributed by atoms with E-state index in [0.29, 0.717) is 19.0 Å². The van der Waals surface area contributed by atoms with E-state index in [1.807, 2.05) is 0 Å². The average molecular weight is 280 g/mol. The van der Waals surface area contributed by atoms with Crippen molar-refractivity contribution in [2.75, 3.05) is 40.4 Å². The summed E-state index contributed by atoms with van der Waals surface area (Å²) in [5.41, 5.74) is 0. The molecule has 0 saturated carbocycles. The second-order valence-electron chi connectivity index (χ2n) is 4.98. The van der Waals surface area contributed by atoms with Crippen molar-refractivity contribution in [3.63, 3.8) is 0 Å². The van der Waals surface area contributed by atoms with Gasteiger partial charge in [0.25, 0.3) is 10.2 Å². The van der Waals surface area contributed by atoms with Gasteiger partial charge >= 0.3 is 0 Å². The van der Waals surface area contributed by atoms with Crippen LogP contribution in [0.1, 0.15) is 19.8 Å². The van der Waals surface area contributed by atoms with Gasteiger partial charge < -0.3 is 9.84 Å². The lowest BCUT2D eigenvalue weighted by Crippen LogP contribution is -2.47. The van der Waals surface area contributed by atoms with Gasteiger partial charge in [-0.3, -0.25) is 0 Å². The van der Waals surface area contributed by atoms with Crippen molar-refractivity contribution in [3.8, 4) is 0 Å². The predicted molar refractivity (Wildman–Crippen MR) is 69.4 cm³/mol. The van der Waals surface area contributed by atoms with Crippen LogP contribution in [-0.4, -0.2) is 68.6 Å². The average Bonchev–Trinajstić information content (AvgIpc) is 2.29.